The maximum Gasteiger partial charge on any atom is 0.119 e. The highest BCUT2D eigenvalue weighted by molar-refractivity contribution is 5.28. The smallest absolute Gasteiger partial charge is 0.119 e. The molecule has 3 heteroatoms. The van der Waals surface area contributed by atoms with E-state index in [1.54, 1.807) is 7.11 Å². The van der Waals surface area contributed by atoms with Crippen molar-refractivity contribution in [3.63, 3.8) is 0 Å². The van der Waals surface area contributed by atoms with E-state index in [-0.39, 0.29) is 0 Å². The van der Waals surface area contributed by atoms with E-state index >= 15 is 0 Å². The van der Waals surface area contributed by atoms with Crippen LogP contribution in [0.5, 0.6) is 5.75 Å². The predicted molar refractivity (Wildman–Crippen MR) is 81.0 cm³/mol. The summed E-state index contributed by atoms with van der Waals surface area (Å²) in [6, 6.07) is 17.8. The van der Waals surface area contributed by atoms with E-state index in [4.69, 9.17) is 4.74 Å². The molecule has 0 bridgehead atoms. The van der Waals surface area contributed by atoms with Crippen LogP contribution in [0, 0.1) is 0 Å². The van der Waals surface area contributed by atoms with Gasteiger partial charge in [-0.2, -0.15) is 0 Å². The predicted octanol–water partition coefficient (Wildman–Crippen LogP) is 2.56. The zero-order valence-corrected chi connectivity index (χ0v) is 11.8. The Kier molecular flexibility index (Phi) is 5.59. The lowest BCUT2D eigenvalue weighted by atomic mass is 10.1. The fourth-order valence-corrected chi connectivity index (χ4v) is 2.09. The van der Waals surface area contributed by atoms with Gasteiger partial charge in [0.2, 0.25) is 0 Å². The second-order valence-electron chi connectivity index (χ2n) is 4.73. The molecule has 106 valence electrons. The van der Waals surface area contributed by atoms with E-state index in [1.807, 2.05) is 48.5 Å². The molecule has 0 aliphatic carbocycles. The van der Waals surface area contributed by atoms with Crippen LogP contribution in [-0.4, -0.2) is 25.3 Å². The Morgan fingerprint density at radius 2 is 1.90 bits per heavy atom. The number of rotatable bonds is 7. The highest BCUT2D eigenvalue weighted by Crippen LogP contribution is 2.13. The van der Waals surface area contributed by atoms with Crippen molar-refractivity contribution >= 4 is 0 Å². The lowest BCUT2D eigenvalue weighted by Gasteiger charge is -2.12. The summed E-state index contributed by atoms with van der Waals surface area (Å²) in [6.45, 7) is 1.39. The number of aliphatic hydroxyl groups is 1. The first-order valence-electron chi connectivity index (χ1n) is 6.86. The second-order valence-corrected chi connectivity index (χ2v) is 4.73. The molecule has 20 heavy (non-hydrogen) atoms. The first-order valence-corrected chi connectivity index (χ1v) is 6.86. The molecule has 0 fully saturated rings. The largest absolute Gasteiger partial charge is 0.497 e. The minimum absolute atomic E-state index is 0.457. The zero-order valence-electron chi connectivity index (χ0n) is 11.8. The summed E-state index contributed by atoms with van der Waals surface area (Å²) in [5.41, 5.74) is 2.17. The Morgan fingerprint density at radius 1 is 1.10 bits per heavy atom. The van der Waals surface area contributed by atoms with E-state index < -0.39 is 6.10 Å². The fraction of sp³-hybridized carbons (Fsp3) is 0.294. The molecule has 0 spiro atoms. The van der Waals surface area contributed by atoms with Gasteiger partial charge in [0.25, 0.3) is 0 Å². The maximum atomic E-state index is 10.0. The zero-order chi connectivity index (χ0) is 14.2. The molecule has 0 radical (unpaired) electrons. The number of hydrogen-bond acceptors (Lipinski definition) is 3. The van der Waals surface area contributed by atoms with Gasteiger partial charge in [-0.25, -0.2) is 0 Å². The molecule has 0 saturated carbocycles. The quantitative estimate of drug-likeness (QED) is 0.760. The van der Waals surface area contributed by atoms with E-state index in [0.717, 1.165) is 24.3 Å². The maximum absolute atomic E-state index is 10.0. The van der Waals surface area contributed by atoms with Crippen molar-refractivity contribution in [2.24, 2.45) is 0 Å². The Hall–Kier alpha value is -1.84. The van der Waals surface area contributed by atoms with Gasteiger partial charge in [-0.05, 0) is 36.2 Å². The molecule has 0 unspecified atom stereocenters. The lowest BCUT2D eigenvalue weighted by molar-refractivity contribution is 0.175. The van der Waals surface area contributed by atoms with Crippen molar-refractivity contribution in [2.45, 2.75) is 12.5 Å². The minimum atomic E-state index is -0.457. The molecule has 2 aromatic carbocycles. The summed E-state index contributed by atoms with van der Waals surface area (Å²) in [5.74, 6) is 0.881. The summed E-state index contributed by atoms with van der Waals surface area (Å²) in [7, 11) is 1.67. The van der Waals surface area contributed by atoms with Crippen LogP contribution in [-0.2, 0) is 6.42 Å². The van der Waals surface area contributed by atoms with Gasteiger partial charge in [0, 0.05) is 6.54 Å². The molecule has 0 amide bonds. The van der Waals surface area contributed by atoms with Gasteiger partial charge in [0.15, 0.2) is 0 Å². The van der Waals surface area contributed by atoms with Crippen LogP contribution in [0.2, 0.25) is 0 Å². The van der Waals surface area contributed by atoms with Gasteiger partial charge >= 0.3 is 0 Å². The van der Waals surface area contributed by atoms with Gasteiger partial charge in [-0.15, -0.1) is 0 Å². The third kappa shape index (κ3) is 4.37. The standard InChI is InChI=1S/C17H21NO2/c1-20-16-9-5-6-14(12-16)10-11-18-13-17(19)15-7-3-2-4-8-15/h2-9,12,17-19H,10-11,13H2,1H3/t17-/m0/s1. The second kappa shape index (κ2) is 7.68. The highest BCUT2D eigenvalue weighted by atomic mass is 16.5. The average molecular weight is 271 g/mol. The minimum Gasteiger partial charge on any atom is -0.497 e. The normalized spacial score (nSPS) is 12.1. The topological polar surface area (TPSA) is 41.5 Å². The van der Waals surface area contributed by atoms with Crippen molar-refractivity contribution < 1.29 is 9.84 Å². The third-order valence-corrected chi connectivity index (χ3v) is 3.25. The Morgan fingerprint density at radius 3 is 2.65 bits per heavy atom. The van der Waals surface area contributed by atoms with Crippen LogP contribution in [0.3, 0.4) is 0 Å². The molecule has 3 nitrogen and oxygen atoms in total. The molecule has 0 aromatic heterocycles. The van der Waals surface area contributed by atoms with Crippen molar-refractivity contribution in [1.82, 2.24) is 5.32 Å². The molecule has 2 N–H and O–H groups in total. The first-order chi connectivity index (χ1) is 9.79. The SMILES string of the molecule is COc1cccc(CCNC[C@H](O)c2ccccc2)c1. The van der Waals surface area contributed by atoms with Gasteiger partial charge in [-0.1, -0.05) is 42.5 Å². The number of aliphatic hydroxyl groups excluding tert-OH is 1. The molecule has 0 heterocycles. The average Bonchev–Trinajstić information content (AvgIpc) is 2.52. The number of nitrogens with one attached hydrogen (secondary N) is 1. The third-order valence-electron chi connectivity index (χ3n) is 3.25. The van der Waals surface area contributed by atoms with Gasteiger partial charge in [-0.3, -0.25) is 0 Å². The molecule has 2 aromatic rings. The Balaban J connectivity index is 1.73. The lowest BCUT2D eigenvalue weighted by Crippen LogP contribution is -2.23. The van der Waals surface area contributed by atoms with Crippen LogP contribution in [0.4, 0.5) is 0 Å². The van der Waals surface area contributed by atoms with Crippen LogP contribution >= 0.6 is 0 Å². The van der Waals surface area contributed by atoms with Crippen molar-refractivity contribution in [3.05, 3.63) is 65.7 Å². The summed E-state index contributed by atoms with van der Waals surface area (Å²) >= 11 is 0. The van der Waals surface area contributed by atoms with Crippen molar-refractivity contribution in [2.75, 3.05) is 20.2 Å². The Bertz CT molecular complexity index is 513. The Labute approximate surface area is 120 Å². The summed E-state index contributed by atoms with van der Waals surface area (Å²) in [5, 5.41) is 13.3. The first kappa shape index (κ1) is 14.6. The van der Waals surface area contributed by atoms with Crippen molar-refractivity contribution in [3.8, 4) is 5.75 Å². The highest BCUT2D eigenvalue weighted by Gasteiger charge is 2.05. The molecule has 0 aliphatic heterocycles. The summed E-state index contributed by atoms with van der Waals surface area (Å²) in [6.07, 6.45) is 0.458. The van der Waals surface area contributed by atoms with E-state index in [2.05, 4.69) is 11.4 Å². The van der Waals surface area contributed by atoms with Crippen LogP contribution in [0.1, 0.15) is 17.2 Å². The molecular formula is C17H21NO2. The summed E-state index contributed by atoms with van der Waals surface area (Å²) in [4.78, 5) is 0. The number of hydrogen-bond donors (Lipinski definition) is 2. The van der Waals surface area contributed by atoms with Gasteiger partial charge in [0.1, 0.15) is 5.75 Å². The van der Waals surface area contributed by atoms with Crippen LogP contribution < -0.4 is 10.1 Å². The monoisotopic (exact) mass is 271 g/mol. The number of methoxy groups -OCH3 is 1. The van der Waals surface area contributed by atoms with Crippen molar-refractivity contribution in [1.29, 1.82) is 0 Å². The number of benzene rings is 2. The molecule has 1 atom stereocenters. The van der Waals surface area contributed by atoms with Crippen LogP contribution in [0.15, 0.2) is 54.6 Å². The molecular weight excluding hydrogens is 250 g/mol. The number of ether oxygens (including phenoxy) is 1. The summed E-state index contributed by atoms with van der Waals surface area (Å²) < 4.78 is 5.20. The van der Waals surface area contributed by atoms with Crippen LogP contribution in [0.25, 0.3) is 0 Å². The molecule has 2 rings (SSSR count). The van der Waals surface area contributed by atoms with E-state index in [1.165, 1.54) is 5.56 Å². The van der Waals surface area contributed by atoms with Gasteiger partial charge in [0.05, 0.1) is 13.2 Å². The van der Waals surface area contributed by atoms with E-state index in [9.17, 15) is 5.11 Å². The molecule has 0 aliphatic rings. The fourth-order valence-electron chi connectivity index (χ4n) is 2.09. The molecule has 0 saturated heterocycles. The van der Waals surface area contributed by atoms with E-state index in [0.29, 0.717) is 6.54 Å². The van der Waals surface area contributed by atoms with Gasteiger partial charge < -0.3 is 15.2 Å².